The first-order chi connectivity index (χ1) is 10.5. The molecule has 7 heteroatoms. The molecule has 0 aliphatic carbocycles. The molecular formula is C15H20ClN3O3. The van der Waals surface area contributed by atoms with Crippen LogP contribution in [-0.4, -0.2) is 54.2 Å². The van der Waals surface area contributed by atoms with Crippen LogP contribution in [0.1, 0.15) is 13.3 Å². The minimum Gasteiger partial charge on any atom is -0.394 e. The molecule has 3 amide bonds. The summed E-state index contributed by atoms with van der Waals surface area (Å²) in [5.74, 6) is -0.262. The number of amides is 3. The first kappa shape index (κ1) is 16.6. The van der Waals surface area contributed by atoms with Crippen molar-refractivity contribution in [3.63, 3.8) is 0 Å². The van der Waals surface area contributed by atoms with Crippen LogP contribution in [0.2, 0.25) is 5.02 Å². The van der Waals surface area contributed by atoms with E-state index in [0.29, 0.717) is 24.5 Å². The van der Waals surface area contributed by atoms with Crippen molar-refractivity contribution in [3.05, 3.63) is 29.3 Å². The van der Waals surface area contributed by atoms with Crippen molar-refractivity contribution in [1.29, 1.82) is 0 Å². The van der Waals surface area contributed by atoms with Gasteiger partial charge in [-0.25, -0.2) is 4.79 Å². The van der Waals surface area contributed by atoms with Gasteiger partial charge in [0.1, 0.15) is 6.54 Å². The van der Waals surface area contributed by atoms with Gasteiger partial charge in [0.05, 0.1) is 12.6 Å². The Kier molecular flexibility index (Phi) is 5.63. The van der Waals surface area contributed by atoms with Gasteiger partial charge in [-0.05, 0) is 24.6 Å². The number of halogens is 1. The fourth-order valence-electron chi connectivity index (χ4n) is 2.34. The van der Waals surface area contributed by atoms with Gasteiger partial charge >= 0.3 is 6.03 Å². The lowest BCUT2D eigenvalue weighted by atomic mass is 10.2. The molecule has 0 spiro atoms. The number of benzene rings is 1. The van der Waals surface area contributed by atoms with Crippen molar-refractivity contribution in [2.75, 3.05) is 31.1 Å². The highest BCUT2D eigenvalue weighted by Gasteiger charge is 2.31. The molecule has 1 aliphatic heterocycles. The number of carbonyl (C=O) groups excluding carboxylic acids is 2. The highest BCUT2D eigenvalue weighted by Crippen LogP contribution is 2.23. The van der Waals surface area contributed by atoms with Gasteiger partial charge in [-0.3, -0.25) is 9.69 Å². The van der Waals surface area contributed by atoms with E-state index in [4.69, 9.17) is 16.7 Å². The zero-order valence-electron chi connectivity index (χ0n) is 12.5. The Hall–Kier alpha value is -1.79. The molecule has 1 saturated heterocycles. The van der Waals surface area contributed by atoms with Crippen molar-refractivity contribution in [2.24, 2.45) is 0 Å². The van der Waals surface area contributed by atoms with Crippen molar-refractivity contribution in [3.8, 4) is 0 Å². The van der Waals surface area contributed by atoms with Crippen molar-refractivity contribution in [2.45, 2.75) is 19.4 Å². The van der Waals surface area contributed by atoms with Gasteiger partial charge in [0.25, 0.3) is 0 Å². The summed E-state index contributed by atoms with van der Waals surface area (Å²) in [5, 5.41) is 12.4. The molecule has 1 heterocycles. The Bertz CT molecular complexity index is 549. The number of aliphatic hydroxyl groups is 1. The predicted molar refractivity (Wildman–Crippen MR) is 85.1 cm³/mol. The second-order valence-electron chi connectivity index (χ2n) is 5.19. The van der Waals surface area contributed by atoms with Crippen molar-refractivity contribution in [1.82, 2.24) is 10.2 Å². The zero-order valence-corrected chi connectivity index (χ0v) is 13.2. The number of carbonyl (C=O) groups is 2. The van der Waals surface area contributed by atoms with Gasteiger partial charge < -0.3 is 15.3 Å². The summed E-state index contributed by atoms with van der Waals surface area (Å²) in [6, 6.07) is 6.58. The number of hydrogen-bond donors (Lipinski definition) is 2. The van der Waals surface area contributed by atoms with Crippen LogP contribution >= 0.6 is 11.6 Å². The van der Waals surface area contributed by atoms with E-state index in [9.17, 15) is 9.59 Å². The molecule has 1 atom stereocenters. The zero-order chi connectivity index (χ0) is 16.1. The summed E-state index contributed by atoms with van der Waals surface area (Å²) >= 11 is 5.94. The summed E-state index contributed by atoms with van der Waals surface area (Å²) in [4.78, 5) is 27.4. The average Bonchev–Trinajstić information content (AvgIpc) is 2.86. The molecule has 2 rings (SSSR count). The Morgan fingerprint density at radius 1 is 1.45 bits per heavy atom. The first-order valence-corrected chi connectivity index (χ1v) is 7.65. The van der Waals surface area contributed by atoms with Crippen molar-refractivity contribution >= 4 is 29.2 Å². The maximum atomic E-state index is 12.4. The second kappa shape index (κ2) is 7.47. The molecule has 120 valence electrons. The fraction of sp³-hybridized carbons (Fsp3) is 0.467. The number of rotatable bonds is 6. The van der Waals surface area contributed by atoms with Crippen LogP contribution < -0.4 is 10.2 Å². The maximum Gasteiger partial charge on any atom is 0.325 e. The van der Waals surface area contributed by atoms with Gasteiger partial charge in [0.15, 0.2) is 0 Å². The van der Waals surface area contributed by atoms with E-state index in [-0.39, 0.29) is 31.1 Å². The lowest BCUT2D eigenvalue weighted by molar-refractivity contribution is -0.122. The predicted octanol–water partition coefficient (Wildman–Crippen LogP) is 1.47. The quantitative estimate of drug-likeness (QED) is 0.832. The Balaban J connectivity index is 1.95. The van der Waals surface area contributed by atoms with Gasteiger partial charge in [0, 0.05) is 23.8 Å². The van der Waals surface area contributed by atoms with Crippen LogP contribution in [0.5, 0.6) is 0 Å². The van der Waals surface area contributed by atoms with Gasteiger partial charge in [0.2, 0.25) is 5.91 Å². The molecule has 1 aromatic carbocycles. The summed E-state index contributed by atoms with van der Waals surface area (Å²) in [6.45, 7) is 2.76. The number of anilines is 1. The van der Waals surface area contributed by atoms with E-state index < -0.39 is 0 Å². The number of urea groups is 1. The SMILES string of the molecule is CCC(CO)NC(=O)CN1CCN(c2cccc(Cl)c2)C1=O. The Labute approximate surface area is 134 Å². The highest BCUT2D eigenvalue weighted by atomic mass is 35.5. The van der Waals surface area contributed by atoms with E-state index >= 15 is 0 Å². The molecule has 22 heavy (non-hydrogen) atoms. The number of nitrogens with one attached hydrogen (secondary N) is 1. The lowest BCUT2D eigenvalue weighted by Gasteiger charge is -2.20. The molecule has 0 radical (unpaired) electrons. The summed E-state index contributed by atoms with van der Waals surface area (Å²) < 4.78 is 0. The fourth-order valence-corrected chi connectivity index (χ4v) is 2.52. The topological polar surface area (TPSA) is 72.9 Å². The number of aliphatic hydroxyl groups excluding tert-OH is 1. The summed E-state index contributed by atoms with van der Waals surface area (Å²) in [6.07, 6.45) is 0.644. The average molecular weight is 326 g/mol. The largest absolute Gasteiger partial charge is 0.394 e. The molecular weight excluding hydrogens is 306 g/mol. The van der Waals surface area contributed by atoms with Crippen LogP contribution in [0.3, 0.4) is 0 Å². The van der Waals surface area contributed by atoms with E-state index in [1.54, 1.807) is 23.1 Å². The standard InChI is InChI=1S/C15H20ClN3O3/c1-2-12(10-20)17-14(21)9-18-6-7-19(15(18)22)13-5-3-4-11(16)8-13/h3-5,8,12,20H,2,6-7,9-10H2,1H3,(H,17,21). The minimum absolute atomic E-state index is 0.00754. The van der Waals surface area contributed by atoms with E-state index in [2.05, 4.69) is 5.32 Å². The lowest BCUT2D eigenvalue weighted by Crippen LogP contribution is -2.44. The molecule has 6 nitrogen and oxygen atoms in total. The summed E-state index contributed by atoms with van der Waals surface area (Å²) in [5.41, 5.74) is 0.724. The summed E-state index contributed by atoms with van der Waals surface area (Å²) in [7, 11) is 0. The first-order valence-electron chi connectivity index (χ1n) is 7.27. The molecule has 1 aromatic rings. The Morgan fingerprint density at radius 3 is 2.86 bits per heavy atom. The molecule has 0 saturated carbocycles. The van der Waals surface area contributed by atoms with Crippen LogP contribution in [0.25, 0.3) is 0 Å². The second-order valence-corrected chi connectivity index (χ2v) is 5.63. The Morgan fingerprint density at radius 2 is 2.23 bits per heavy atom. The molecule has 2 N–H and O–H groups in total. The van der Waals surface area contributed by atoms with Crippen LogP contribution in [0.15, 0.2) is 24.3 Å². The third-order valence-electron chi connectivity index (χ3n) is 3.63. The van der Waals surface area contributed by atoms with E-state index in [1.165, 1.54) is 4.90 Å². The van der Waals surface area contributed by atoms with Gasteiger partial charge in [-0.15, -0.1) is 0 Å². The molecule has 1 fully saturated rings. The maximum absolute atomic E-state index is 12.4. The van der Waals surface area contributed by atoms with Gasteiger partial charge in [-0.1, -0.05) is 24.6 Å². The molecule has 0 bridgehead atoms. The normalized spacial score (nSPS) is 16.0. The van der Waals surface area contributed by atoms with E-state index in [1.807, 2.05) is 13.0 Å². The number of hydrogen-bond acceptors (Lipinski definition) is 3. The third-order valence-corrected chi connectivity index (χ3v) is 3.86. The molecule has 0 aromatic heterocycles. The van der Waals surface area contributed by atoms with Crippen LogP contribution in [0.4, 0.5) is 10.5 Å². The number of nitrogens with zero attached hydrogens (tertiary/aromatic N) is 2. The molecule has 1 unspecified atom stereocenters. The monoisotopic (exact) mass is 325 g/mol. The third kappa shape index (κ3) is 3.90. The van der Waals surface area contributed by atoms with Gasteiger partial charge in [-0.2, -0.15) is 0 Å². The minimum atomic E-state index is -0.269. The highest BCUT2D eigenvalue weighted by molar-refractivity contribution is 6.30. The van der Waals surface area contributed by atoms with Crippen LogP contribution in [-0.2, 0) is 4.79 Å². The smallest absolute Gasteiger partial charge is 0.325 e. The van der Waals surface area contributed by atoms with Crippen LogP contribution in [0, 0.1) is 0 Å². The molecule has 1 aliphatic rings. The van der Waals surface area contributed by atoms with Crippen molar-refractivity contribution < 1.29 is 14.7 Å². The van der Waals surface area contributed by atoms with E-state index in [0.717, 1.165) is 5.69 Å².